The molecule has 6 heteroatoms. The van der Waals surface area contributed by atoms with E-state index in [0.29, 0.717) is 0 Å². The predicted octanol–water partition coefficient (Wildman–Crippen LogP) is 2.05. The lowest BCUT2D eigenvalue weighted by atomic mass is 10.3. The van der Waals surface area contributed by atoms with Gasteiger partial charge in [0.25, 0.3) is 0 Å². The zero-order valence-electron chi connectivity index (χ0n) is 6.17. The summed E-state index contributed by atoms with van der Waals surface area (Å²) >= 11 is -3.30. The molecule has 0 spiro atoms. The molecule has 1 aromatic carbocycles. The molecule has 0 saturated heterocycles. The van der Waals surface area contributed by atoms with Gasteiger partial charge in [0.2, 0.25) is 0 Å². The van der Waals surface area contributed by atoms with Crippen LogP contribution >= 0.6 is 0 Å². The summed E-state index contributed by atoms with van der Waals surface area (Å²) in [5.74, 6) is -0.102. The molecule has 1 unspecified atom stereocenters. The lowest BCUT2D eigenvalue weighted by Gasteiger charge is -2.06. The molecule has 1 rings (SSSR count). The van der Waals surface area contributed by atoms with Crippen LogP contribution in [-0.2, 0) is 11.1 Å². The Hall–Kier alpha value is -1.04. The van der Waals surface area contributed by atoms with Crippen LogP contribution in [0.5, 0.6) is 5.75 Å². The van der Waals surface area contributed by atoms with Crippen molar-refractivity contribution >= 4 is 11.1 Å². The summed E-state index contributed by atoms with van der Waals surface area (Å²) in [5, 5.41) is 0. The molecule has 0 fully saturated rings. The lowest BCUT2D eigenvalue weighted by Crippen LogP contribution is -2.20. The third-order valence-corrected chi connectivity index (χ3v) is 1.77. The van der Waals surface area contributed by atoms with Gasteiger partial charge in [0, 0.05) is 0 Å². The fourth-order valence-corrected chi connectivity index (χ4v) is 0.942. The molecule has 0 aromatic heterocycles. The molecule has 0 amide bonds. The Bertz CT molecular complexity index is 296. The van der Waals surface area contributed by atoms with Crippen molar-refractivity contribution in [2.24, 2.45) is 0 Å². The van der Waals surface area contributed by atoms with E-state index in [2.05, 4.69) is 10.2 Å². The predicted molar refractivity (Wildman–Crippen MR) is 40.1 cm³/mol. The summed E-state index contributed by atoms with van der Waals surface area (Å²) in [6, 6.07) is 7.79. The van der Waals surface area contributed by atoms with E-state index in [1.807, 2.05) is 0 Å². The molecule has 1 aromatic rings. The van der Waals surface area contributed by atoms with E-state index >= 15 is 0 Å². The fourth-order valence-electron chi connectivity index (χ4n) is 0.562. The highest BCUT2D eigenvalue weighted by molar-refractivity contribution is 7.81. The summed E-state index contributed by atoms with van der Waals surface area (Å²) in [6.07, 6.45) is 0. The highest BCUT2D eigenvalue weighted by Crippen LogP contribution is 2.22. The van der Waals surface area contributed by atoms with Gasteiger partial charge < -0.3 is 4.18 Å². The Kier molecular flexibility index (Phi) is 2.92. The van der Waals surface area contributed by atoms with Crippen molar-refractivity contribution in [2.45, 2.75) is 5.51 Å². The second-order valence-electron chi connectivity index (χ2n) is 2.00. The average molecular weight is 209 g/mol. The molecule has 0 aliphatic carbocycles. The molecule has 0 saturated carbocycles. The maximum Gasteiger partial charge on any atom is 0.508 e. The topological polar surface area (TPSA) is 26.3 Å². The van der Waals surface area contributed by atoms with E-state index in [4.69, 9.17) is 0 Å². The summed E-state index contributed by atoms with van der Waals surface area (Å²) in [5.41, 5.74) is -4.85. The normalized spacial score (nSPS) is 13.8. The largest absolute Gasteiger partial charge is 0.508 e. The molecule has 0 aliphatic rings. The Morgan fingerprint density at radius 3 is 2.31 bits per heavy atom. The molecular formula is C7H4F3O2S. The van der Waals surface area contributed by atoms with Crippen molar-refractivity contribution < 1.29 is 21.6 Å². The van der Waals surface area contributed by atoms with Crippen LogP contribution in [0, 0.1) is 6.07 Å². The van der Waals surface area contributed by atoms with E-state index in [-0.39, 0.29) is 5.75 Å². The van der Waals surface area contributed by atoms with Crippen LogP contribution in [0.3, 0.4) is 0 Å². The van der Waals surface area contributed by atoms with Crippen molar-refractivity contribution in [1.29, 1.82) is 0 Å². The third-order valence-electron chi connectivity index (χ3n) is 1.05. The molecule has 0 aliphatic heterocycles. The summed E-state index contributed by atoms with van der Waals surface area (Å²) in [6.45, 7) is 0. The van der Waals surface area contributed by atoms with Crippen molar-refractivity contribution in [3.8, 4) is 5.75 Å². The van der Waals surface area contributed by atoms with Gasteiger partial charge in [0.15, 0.2) is 0 Å². The Morgan fingerprint density at radius 2 is 1.85 bits per heavy atom. The van der Waals surface area contributed by atoms with Gasteiger partial charge in [-0.1, -0.05) is 12.1 Å². The Balaban J connectivity index is 2.66. The van der Waals surface area contributed by atoms with Crippen LogP contribution in [-0.4, -0.2) is 9.72 Å². The van der Waals surface area contributed by atoms with Gasteiger partial charge in [-0.2, -0.15) is 13.2 Å². The maximum absolute atomic E-state index is 11.7. The highest BCUT2D eigenvalue weighted by Gasteiger charge is 2.39. The highest BCUT2D eigenvalue weighted by atomic mass is 32.2. The monoisotopic (exact) mass is 209 g/mol. The number of rotatable bonds is 2. The van der Waals surface area contributed by atoms with E-state index in [0.717, 1.165) is 0 Å². The first-order valence-corrected chi connectivity index (χ1v) is 4.20. The second kappa shape index (κ2) is 3.78. The van der Waals surface area contributed by atoms with E-state index in [1.165, 1.54) is 24.3 Å². The number of alkyl halides is 3. The zero-order valence-corrected chi connectivity index (χ0v) is 6.98. The molecule has 0 heterocycles. The van der Waals surface area contributed by atoms with Crippen LogP contribution in [0.15, 0.2) is 24.3 Å². The lowest BCUT2D eigenvalue weighted by molar-refractivity contribution is -0.0437. The van der Waals surface area contributed by atoms with Crippen LogP contribution in [0.25, 0.3) is 0 Å². The molecule has 13 heavy (non-hydrogen) atoms. The molecular weight excluding hydrogens is 205 g/mol. The van der Waals surface area contributed by atoms with Gasteiger partial charge in [-0.25, -0.2) is 4.21 Å². The van der Waals surface area contributed by atoms with Crippen LogP contribution in [0.1, 0.15) is 0 Å². The van der Waals surface area contributed by atoms with Crippen molar-refractivity contribution in [2.75, 3.05) is 0 Å². The van der Waals surface area contributed by atoms with Gasteiger partial charge in [-0.05, 0) is 18.2 Å². The van der Waals surface area contributed by atoms with E-state index in [9.17, 15) is 17.4 Å². The summed E-state index contributed by atoms with van der Waals surface area (Å²) in [4.78, 5) is 0. The minimum Gasteiger partial charge on any atom is -0.394 e. The summed E-state index contributed by atoms with van der Waals surface area (Å²) in [7, 11) is 0. The van der Waals surface area contributed by atoms with Gasteiger partial charge in [0.1, 0.15) is 5.75 Å². The van der Waals surface area contributed by atoms with Gasteiger partial charge in [-0.15, -0.1) is 0 Å². The second-order valence-corrected chi connectivity index (χ2v) is 3.10. The van der Waals surface area contributed by atoms with Crippen molar-refractivity contribution in [3.05, 3.63) is 30.3 Å². The minimum absolute atomic E-state index is 0.102. The smallest absolute Gasteiger partial charge is 0.394 e. The third kappa shape index (κ3) is 3.06. The zero-order chi connectivity index (χ0) is 9.90. The van der Waals surface area contributed by atoms with Crippen molar-refractivity contribution in [1.82, 2.24) is 0 Å². The number of halogens is 3. The molecule has 71 valence electrons. The number of hydrogen-bond acceptors (Lipinski definition) is 2. The fraction of sp³-hybridized carbons (Fsp3) is 0.143. The van der Waals surface area contributed by atoms with Crippen LogP contribution < -0.4 is 4.18 Å². The standard InChI is InChI=1S/C7H4F3O2S/c8-7(9,10)13(11)12-6-4-2-1-3-5-6/h2-5H. The van der Waals surface area contributed by atoms with Crippen LogP contribution in [0.2, 0.25) is 0 Å². The minimum atomic E-state index is -4.85. The quantitative estimate of drug-likeness (QED) is 0.745. The van der Waals surface area contributed by atoms with Gasteiger partial charge in [-0.3, -0.25) is 0 Å². The molecule has 1 radical (unpaired) electrons. The van der Waals surface area contributed by atoms with Gasteiger partial charge in [0.05, 0.1) is 0 Å². The maximum atomic E-state index is 11.7. The van der Waals surface area contributed by atoms with Crippen LogP contribution in [0.4, 0.5) is 13.2 Å². The average Bonchev–Trinajstić information content (AvgIpc) is 2.04. The first-order chi connectivity index (χ1) is 6.00. The first-order valence-electron chi connectivity index (χ1n) is 3.13. The molecule has 0 N–H and O–H groups in total. The van der Waals surface area contributed by atoms with Gasteiger partial charge >= 0.3 is 16.6 Å². The molecule has 1 atom stereocenters. The Morgan fingerprint density at radius 1 is 1.31 bits per heavy atom. The summed E-state index contributed by atoms with van der Waals surface area (Å²) < 4.78 is 49.6. The first kappa shape index (κ1) is 10.0. The van der Waals surface area contributed by atoms with Crippen molar-refractivity contribution in [3.63, 3.8) is 0 Å². The van der Waals surface area contributed by atoms with E-state index < -0.39 is 16.6 Å². The molecule has 0 bridgehead atoms. The van der Waals surface area contributed by atoms with E-state index in [1.54, 1.807) is 0 Å². The molecule has 2 nitrogen and oxygen atoms in total. The number of benzene rings is 1. The Labute approximate surface area is 75.0 Å². The number of hydrogen-bond donors (Lipinski definition) is 0. The SMILES string of the molecule is O=S(Oc1cc[c]cc1)C(F)(F)F.